The van der Waals surface area contributed by atoms with Crippen LogP contribution in [0.15, 0.2) is 0 Å². The minimum absolute atomic E-state index is 0.263. The Hall–Kier alpha value is -1.16. The van der Waals surface area contributed by atoms with E-state index in [1.165, 1.54) is 0 Å². The van der Waals surface area contributed by atoms with Crippen LogP contribution in [-0.2, 0) is 14.3 Å². The Labute approximate surface area is 173 Å². The number of aliphatic hydroxyl groups is 1. The second-order valence-electron chi connectivity index (χ2n) is 5.60. The lowest BCUT2D eigenvalue weighted by molar-refractivity contribution is -0.151. The third kappa shape index (κ3) is 42.1. The van der Waals surface area contributed by atoms with E-state index in [2.05, 4.69) is 27.6 Å². The van der Waals surface area contributed by atoms with E-state index >= 15 is 0 Å². The molecular weight excluding hydrogens is 385 g/mol. The van der Waals surface area contributed by atoms with Crippen LogP contribution >= 0.6 is 0 Å². The first kappa shape index (κ1) is 32.5. The molecule has 12 nitrogen and oxygen atoms in total. The molecule has 0 aliphatic carbocycles. The summed E-state index contributed by atoms with van der Waals surface area (Å²) in [6, 6.07) is 0. The number of ether oxygens (including phenoxy) is 1. The predicted molar refractivity (Wildman–Crippen MR) is 111 cm³/mol. The first-order valence-corrected chi connectivity index (χ1v) is 9.76. The second-order valence-corrected chi connectivity index (χ2v) is 5.60. The Kier molecular flexibility index (Phi) is 32.6. The summed E-state index contributed by atoms with van der Waals surface area (Å²) in [5.74, 6) is -0.796. The normalized spacial score (nSPS) is 12.0. The Bertz CT molecular complexity index is 327. The highest BCUT2D eigenvalue weighted by Gasteiger charge is 2.19. The summed E-state index contributed by atoms with van der Waals surface area (Å²) in [6.07, 6.45) is 2.56. The SMILES string of the molecule is CCCCO.NCCNCCNCCNCCN.O=C1CCC(=O)O1.OB(O)O. The summed E-state index contributed by atoms with van der Waals surface area (Å²) < 4.78 is 4.08. The minimum Gasteiger partial charge on any atom is -0.402 e. The molecule has 29 heavy (non-hydrogen) atoms. The lowest BCUT2D eigenvalue weighted by atomic mass is 10.3. The van der Waals surface area contributed by atoms with E-state index in [1.54, 1.807) is 0 Å². The van der Waals surface area contributed by atoms with Gasteiger partial charge in [-0.1, -0.05) is 13.3 Å². The summed E-state index contributed by atoms with van der Waals surface area (Å²) in [7, 11) is -2.17. The fourth-order valence-corrected chi connectivity index (χ4v) is 1.52. The van der Waals surface area contributed by atoms with Crippen LogP contribution in [-0.4, -0.2) is 98.4 Å². The monoisotopic (exact) mass is 425 g/mol. The molecule has 0 saturated carbocycles. The second kappa shape index (κ2) is 29.0. The molecule has 1 heterocycles. The van der Waals surface area contributed by atoms with Gasteiger partial charge in [0.25, 0.3) is 0 Å². The number of cyclic esters (lactones) is 2. The molecule has 1 aliphatic rings. The number of hydrogen-bond acceptors (Lipinski definition) is 12. The highest BCUT2D eigenvalue weighted by Crippen LogP contribution is 2.03. The fraction of sp³-hybridized carbons (Fsp3) is 0.875. The fourth-order valence-electron chi connectivity index (χ4n) is 1.52. The van der Waals surface area contributed by atoms with E-state index in [-0.39, 0.29) is 12.8 Å². The van der Waals surface area contributed by atoms with Gasteiger partial charge in [-0.25, -0.2) is 0 Å². The van der Waals surface area contributed by atoms with Crippen LogP contribution in [0, 0.1) is 0 Å². The number of nitrogens with two attached hydrogens (primary N) is 2. The Morgan fingerprint density at radius 1 is 0.862 bits per heavy atom. The molecule has 11 N–H and O–H groups in total. The van der Waals surface area contributed by atoms with Gasteiger partial charge in [0, 0.05) is 59.0 Å². The molecule has 0 unspecified atom stereocenters. The van der Waals surface area contributed by atoms with Crippen molar-refractivity contribution in [2.45, 2.75) is 32.6 Å². The smallest absolute Gasteiger partial charge is 0.402 e. The van der Waals surface area contributed by atoms with Crippen LogP contribution < -0.4 is 27.4 Å². The van der Waals surface area contributed by atoms with Gasteiger partial charge in [0.2, 0.25) is 0 Å². The van der Waals surface area contributed by atoms with Gasteiger partial charge < -0.3 is 52.3 Å². The average Bonchev–Trinajstić information content (AvgIpc) is 3.04. The highest BCUT2D eigenvalue weighted by atomic mass is 16.6. The standard InChI is InChI=1S/C8H23N5.C4H4O3.C4H10O.BH3O3/c9-1-3-11-5-7-13-8-6-12-4-2-10;5-3-1-2-4(6)7-3;1-2-3-4-5;2-1(3)4/h11-13H,1-10H2;1-2H2;5H,2-4H2,1H3;2-4H. The van der Waals surface area contributed by atoms with Crippen molar-refractivity contribution in [3.8, 4) is 0 Å². The van der Waals surface area contributed by atoms with Crippen molar-refractivity contribution in [1.29, 1.82) is 0 Å². The lowest BCUT2D eigenvalue weighted by Crippen LogP contribution is -2.35. The van der Waals surface area contributed by atoms with Crippen LogP contribution in [0.1, 0.15) is 32.6 Å². The molecule has 1 aliphatic heterocycles. The van der Waals surface area contributed by atoms with Gasteiger partial charge in [-0.05, 0) is 6.42 Å². The van der Waals surface area contributed by atoms with Crippen LogP contribution in [0.3, 0.4) is 0 Å². The number of carbonyl (C=O) groups excluding carboxylic acids is 2. The average molecular weight is 425 g/mol. The molecule has 1 rings (SSSR count). The third-order valence-electron chi connectivity index (χ3n) is 2.87. The molecule has 13 heteroatoms. The molecule has 0 aromatic heterocycles. The number of nitrogens with one attached hydrogen (secondary N) is 3. The van der Waals surface area contributed by atoms with Gasteiger partial charge in [-0.15, -0.1) is 0 Å². The first-order chi connectivity index (χ1) is 13.8. The maximum Gasteiger partial charge on any atom is 0.631 e. The summed E-state index contributed by atoms with van der Waals surface area (Å²) in [5.41, 5.74) is 10.6. The largest absolute Gasteiger partial charge is 0.631 e. The molecule has 0 aromatic rings. The third-order valence-corrected chi connectivity index (χ3v) is 2.87. The molecule has 0 atom stereocenters. The summed E-state index contributed by atoms with van der Waals surface area (Å²) in [4.78, 5) is 20.0. The summed E-state index contributed by atoms with van der Waals surface area (Å²) in [6.45, 7) is 9.54. The zero-order valence-corrected chi connectivity index (χ0v) is 17.4. The number of rotatable bonds is 12. The van der Waals surface area contributed by atoms with E-state index in [4.69, 9.17) is 31.6 Å². The van der Waals surface area contributed by atoms with Gasteiger partial charge in [0.15, 0.2) is 0 Å². The minimum atomic E-state index is -2.17. The van der Waals surface area contributed by atoms with Gasteiger partial charge in [0.1, 0.15) is 0 Å². The maximum atomic E-state index is 10.0. The van der Waals surface area contributed by atoms with Crippen molar-refractivity contribution in [3.05, 3.63) is 0 Å². The van der Waals surface area contributed by atoms with Crippen molar-refractivity contribution < 1.29 is 34.5 Å². The summed E-state index contributed by atoms with van der Waals surface area (Å²) in [5, 5.41) is 39.3. The number of hydrogen-bond donors (Lipinski definition) is 9. The van der Waals surface area contributed by atoms with Crippen molar-refractivity contribution in [2.75, 3.05) is 59.0 Å². The van der Waals surface area contributed by atoms with Crippen LogP contribution in [0.4, 0.5) is 0 Å². The zero-order chi connectivity index (χ0) is 22.8. The molecule has 1 saturated heterocycles. The zero-order valence-electron chi connectivity index (χ0n) is 17.4. The Balaban J connectivity index is -0.000000352. The van der Waals surface area contributed by atoms with Crippen molar-refractivity contribution in [1.82, 2.24) is 16.0 Å². The van der Waals surface area contributed by atoms with E-state index < -0.39 is 19.3 Å². The molecule has 0 aromatic carbocycles. The lowest BCUT2D eigenvalue weighted by Gasteiger charge is -2.06. The van der Waals surface area contributed by atoms with Gasteiger partial charge in [-0.3, -0.25) is 9.59 Å². The number of esters is 2. The van der Waals surface area contributed by atoms with Crippen molar-refractivity contribution >= 4 is 19.3 Å². The highest BCUT2D eigenvalue weighted by molar-refractivity contribution is 6.30. The Morgan fingerprint density at radius 3 is 1.38 bits per heavy atom. The Morgan fingerprint density at radius 2 is 1.21 bits per heavy atom. The summed E-state index contributed by atoms with van der Waals surface area (Å²) >= 11 is 0. The number of carbonyl (C=O) groups is 2. The van der Waals surface area contributed by atoms with Gasteiger partial charge in [-0.2, -0.15) is 0 Å². The number of unbranched alkanes of at least 4 members (excludes halogenated alkanes) is 1. The van der Waals surface area contributed by atoms with E-state index in [0.717, 1.165) is 52.1 Å². The van der Waals surface area contributed by atoms with Crippen LogP contribution in [0.5, 0.6) is 0 Å². The van der Waals surface area contributed by atoms with Crippen LogP contribution in [0.25, 0.3) is 0 Å². The molecule has 0 amide bonds. The van der Waals surface area contributed by atoms with Gasteiger partial charge >= 0.3 is 19.3 Å². The molecule has 1 fully saturated rings. The van der Waals surface area contributed by atoms with E-state index in [9.17, 15) is 9.59 Å². The predicted octanol–water partition coefficient (Wildman–Crippen LogP) is -3.75. The van der Waals surface area contributed by atoms with E-state index in [0.29, 0.717) is 19.7 Å². The topological polar surface area (TPSA) is 212 Å². The van der Waals surface area contributed by atoms with Crippen molar-refractivity contribution in [3.63, 3.8) is 0 Å². The molecule has 0 radical (unpaired) electrons. The molecule has 0 bridgehead atoms. The maximum absolute atomic E-state index is 10.0. The van der Waals surface area contributed by atoms with Gasteiger partial charge in [0.05, 0.1) is 12.8 Å². The molecular formula is C16H40BN5O7. The van der Waals surface area contributed by atoms with Crippen LogP contribution in [0.2, 0.25) is 0 Å². The molecule has 174 valence electrons. The molecule has 0 spiro atoms. The first-order valence-electron chi connectivity index (χ1n) is 9.76. The quantitative estimate of drug-likeness (QED) is 0.0638. The van der Waals surface area contributed by atoms with Crippen molar-refractivity contribution in [2.24, 2.45) is 11.5 Å². The number of aliphatic hydroxyl groups excluding tert-OH is 1. The van der Waals surface area contributed by atoms with E-state index in [1.807, 2.05) is 0 Å².